The first-order valence-electron chi connectivity index (χ1n) is 21.0. The van der Waals surface area contributed by atoms with E-state index in [0.717, 1.165) is 38.5 Å². The van der Waals surface area contributed by atoms with Gasteiger partial charge in [-0.05, 0) is 31.6 Å². The number of hydrogen-bond acceptors (Lipinski definition) is 11. The molecule has 0 aromatic heterocycles. The first-order chi connectivity index (χ1) is 25.5. The van der Waals surface area contributed by atoms with Gasteiger partial charge in [0, 0.05) is 0 Å². The van der Waals surface area contributed by atoms with E-state index < -0.39 is 59.9 Å². The molecule has 1 aliphatic rings. The summed E-state index contributed by atoms with van der Waals surface area (Å²) >= 11 is 0. The van der Waals surface area contributed by atoms with Gasteiger partial charge in [-0.25, -0.2) is 4.18 Å². The van der Waals surface area contributed by atoms with Crippen molar-refractivity contribution in [1.82, 2.24) is 0 Å². The minimum absolute atomic E-state index is 0. The van der Waals surface area contributed by atoms with Crippen LogP contribution in [0.4, 0.5) is 0 Å². The van der Waals surface area contributed by atoms with E-state index in [9.17, 15) is 34.0 Å². The average Bonchev–Trinajstić information content (AvgIpc) is 3.12. The van der Waals surface area contributed by atoms with Gasteiger partial charge in [0.1, 0.15) is 30.5 Å². The molecule has 1 saturated heterocycles. The normalized spacial score (nSPS) is 22.1. The van der Waals surface area contributed by atoms with E-state index in [1.165, 1.54) is 116 Å². The number of aliphatic hydroxyl groups excluding tert-OH is 4. The van der Waals surface area contributed by atoms with Crippen molar-refractivity contribution in [3.63, 3.8) is 0 Å². The van der Waals surface area contributed by atoms with Crippen LogP contribution in [0.3, 0.4) is 0 Å². The fourth-order valence-corrected chi connectivity index (χ4v) is 6.89. The van der Waals surface area contributed by atoms with E-state index in [1.807, 2.05) is 6.08 Å². The summed E-state index contributed by atoms with van der Waals surface area (Å²) in [5.74, 6) is -0.375. The predicted molar refractivity (Wildman–Crippen MR) is 208 cm³/mol. The minimum atomic E-state index is -4.86. The van der Waals surface area contributed by atoms with Gasteiger partial charge in [0.2, 0.25) is 0 Å². The molecule has 7 atom stereocenters. The zero-order valence-corrected chi connectivity index (χ0v) is 36.9. The fourth-order valence-electron chi connectivity index (χ4n) is 6.58. The Balaban J connectivity index is 0.0000281. The molecule has 12 nitrogen and oxygen atoms in total. The van der Waals surface area contributed by atoms with Crippen LogP contribution >= 0.6 is 0 Å². The fraction of sp³-hybridized carbons (Fsp3) is 0.925. The van der Waals surface area contributed by atoms with Gasteiger partial charge in [-0.1, -0.05) is 167 Å². The summed E-state index contributed by atoms with van der Waals surface area (Å²) in [6, 6.07) is -1.04. The molecule has 0 bridgehead atoms. The van der Waals surface area contributed by atoms with Crippen LogP contribution in [-0.2, 0) is 24.1 Å². The predicted octanol–water partition coefficient (Wildman–Crippen LogP) is 3.86. The van der Waals surface area contributed by atoms with Crippen LogP contribution in [0, 0.1) is 0 Å². The average molecular weight is 802 g/mol. The van der Waals surface area contributed by atoms with E-state index in [4.69, 9.17) is 14.0 Å². The molecule has 0 unspecified atom stereocenters. The number of aliphatic imine (C=N–C) groups is 1. The van der Waals surface area contributed by atoms with Crippen molar-refractivity contribution in [2.24, 2.45) is 4.99 Å². The van der Waals surface area contributed by atoms with Crippen molar-refractivity contribution in [2.45, 2.75) is 224 Å². The van der Waals surface area contributed by atoms with Crippen molar-refractivity contribution < 1.29 is 81.7 Å². The second kappa shape index (κ2) is 34.8. The van der Waals surface area contributed by atoms with E-state index in [1.54, 1.807) is 6.08 Å². The quantitative estimate of drug-likeness (QED) is 0.0156. The second-order valence-electron chi connectivity index (χ2n) is 14.9. The zero-order chi connectivity index (χ0) is 39.2. The summed E-state index contributed by atoms with van der Waals surface area (Å²) in [4.78, 5) is 4.23. The van der Waals surface area contributed by atoms with E-state index >= 15 is 0 Å². The SMILES string of the molecule is CCCCCCCCCCCCC/C=C/[C@@H](O)[C@@H](CO[C@@H]1O[C@H](COS(=O)(=O)O)[C@H](O)[C@H](O)[C@H]1O)N=C([O-])CCCCCCCCCCCCCCC.[Na+]. The third-order valence-corrected chi connectivity index (χ3v) is 10.4. The Bertz CT molecular complexity index is 1040. The molecule has 5 N–H and O–H groups in total. The minimum Gasteiger partial charge on any atom is -0.862 e. The number of aliphatic hydroxyl groups is 4. The zero-order valence-electron chi connectivity index (χ0n) is 34.0. The number of hydrogen-bond donors (Lipinski definition) is 5. The summed E-state index contributed by atoms with van der Waals surface area (Å²) in [7, 11) is -4.86. The van der Waals surface area contributed by atoms with Gasteiger partial charge in [0.05, 0.1) is 19.3 Å². The van der Waals surface area contributed by atoms with Crippen LogP contribution in [0.5, 0.6) is 0 Å². The molecule has 1 rings (SSSR count). The number of unbranched alkanes of at least 4 members (excludes halogenated alkanes) is 23. The number of rotatable bonds is 35. The Kier molecular flexibility index (Phi) is 34.7. The molecule has 1 fully saturated rings. The summed E-state index contributed by atoms with van der Waals surface area (Å²) in [5, 5.41) is 54.9. The maximum Gasteiger partial charge on any atom is 1.00 e. The molecule has 1 aliphatic heterocycles. The van der Waals surface area contributed by atoms with Gasteiger partial charge in [0.25, 0.3) is 0 Å². The van der Waals surface area contributed by atoms with Gasteiger partial charge in [-0.2, -0.15) is 8.42 Å². The molecule has 0 radical (unpaired) electrons. The van der Waals surface area contributed by atoms with E-state index in [-0.39, 0.29) is 48.5 Å². The van der Waals surface area contributed by atoms with Crippen LogP contribution in [0.15, 0.2) is 17.1 Å². The van der Waals surface area contributed by atoms with Crippen molar-refractivity contribution >= 4 is 16.3 Å². The molecule has 314 valence electrons. The standard InChI is InChI=1S/C40H77NO11S.Na/c1-3-5-7-9-11-13-15-17-19-21-23-25-27-29-34(42)33(31-50-40-39(46)38(45)37(44)35(52-40)32-51-53(47,48)49)41-36(43)30-28-26-24-22-20-18-16-14-12-10-8-6-4-2;/h27,29,33-35,37-40,42,44-46H,3-26,28,30-32H2,1-2H3,(H,41,43)(H,47,48,49);/q;+1/p-1/b29-27+;/t33-,34-,35-,37+,38+,39-,40-;/m1./s1. The molecule has 0 aromatic carbocycles. The molecule has 54 heavy (non-hydrogen) atoms. The Morgan fingerprint density at radius 3 is 1.63 bits per heavy atom. The van der Waals surface area contributed by atoms with Crippen molar-refractivity contribution in [3.05, 3.63) is 12.2 Å². The molecule has 0 saturated carbocycles. The van der Waals surface area contributed by atoms with Crippen LogP contribution in [0.2, 0.25) is 0 Å². The van der Waals surface area contributed by atoms with Gasteiger partial charge >= 0.3 is 40.0 Å². The molecule has 14 heteroatoms. The number of nitrogens with zero attached hydrogens (tertiary/aromatic N) is 1. The maximum absolute atomic E-state index is 12.9. The summed E-state index contributed by atoms with van der Waals surface area (Å²) in [6.45, 7) is 3.25. The van der Waals surface area contributed by atoms with Crippen molar-refractivity contribution in [2.75, 3.05) is 13.2 Å². The topological polar surface area (TPSA) is 198 Å². The number of ether oxygens (including phenoxy) is 2. The summed E-state index contributed by atoms with van der Waals surface area (Å²) in [6.07, 6.45) is 24.0. The van der Waals surface area contributed by atoms with Crippen molar-refractivity contribution in [1.29, 1.82) is 0 Å². The third kappa shape index (κ3) is 28.3. The smallest absolute Gasteiger partial charge is 0.862 e. The Morgan fingerprint density at radius 2 is 1.17 bits per heavy atom. The van der Waals surface area contributed by atoms with Gasteiger partial charge in [-0.3, -0.25) is 9.55 Å². The first kappa shape index (κ1) is 53.8. The Morgan fingerprint density at radius 1 is 0.722 bits per heavy atom. The second-order valence-corrected chi connectivity index (χ2v) is 16.0. The molecular formula is C40H76NNaO11S. The van der Waals surface area contributed by atoms with Gasteiger partial charge in [-0.15, -0.1) is 0 Å². The van der Waals surface area contributed by atoms with Crippen LogP contribution in [-0.4, -0.2) is 95.4 Å². The van der Waals surface area contributed by atoms with Crippen LogP contribution < -0.4 is 34.7 Å². The van der Waals surface area contributed by atoms with Crippen molar-refractivity contribution in [3.8, 4) is 0 Å². The molecule has 0 aliphatic carbocycles. The molecule has 0 amide bonds. The molecule has 0 spiro atoms. The largest absolute Gasteiger partial charge is 1.00 e. The summed E-state index contributed by atoms with van der Waals surface area (Å²) in [5.41, 5.74) is 0. The Hall–Kier alpha value is -0.160. The summed E-state index contributed by atoms with van der Waals surface area (Å²) < 4.78 is 46.3. The maximum atomic E-state index is 12.9. The van der Waals surface area contributed by atoms with Gasteiger partial charge < -0.3 is 35.0 Å². The van der Waals surface area contributed by atoms with E-state index in [0.29, 0.717) is 6.42 Å². The van der Waals surface area contributed by atoms with E-state index in [2.05, 4.69) is 23.0 Å². The molecule has 0 aromatic rings. The molecular weight excluding hydrogens is 725 g/mol. The van der Waals surface area contributed by atoms with Crippen LogP contribution in [0.1, 0.15) is 181 Å². The monoisotopic (exact) mass is 802 g/mol. The first-order valence-corrected chi connectivity index (χ1v) is 22.4. The Labute approximate surface area is 350 Å². The van der Waals surface area contributed by atoms with Gasteiger partial charge in [0.15, 0.2) is 6.29 Å². The number of allylic oxidation sites excluding steroid dienone is 1. The van der Waals surface area contributed by atoms with Crippen LogP contribution in [0.25, 0.3) is 0 Å². The third-order valence-electron chi connectivity index (χ3n) is 9.99. The molecule has 1 heterocycles.